The van der Waals surface area contributed by atoms with Crippen molar-refractivity contribution in [3.8, 4) is 0 Å². The van der Waals surface area contributed by atoms with Crippen LogP contribution in [0.15, 0.2) is 48.7 Å². The summed E-state index contributed by atoms with van der Waals surface area (Å²) < 4.78 is 0. The van der Waals surface area contributed by atoms with E-state index in [0.717, 1.165) is 0 Å². The van der Waals surface area contributed by atoms with Crippen LogP contribution >= 0.6 is 0 Å². The summed E-state index contributed by atoms with van der Waals surface area (Å²) in [6, 6.07) is 11.0. The van der Waals surface area contributed by atoms with Crippen LogP contribution in [0.1, 0.15) is 6.92 Å². The van der Waals surface area contributed by atoms with Gasteiger partial charge in [0.05, 0.1) is 10.6 Å². The summed E-state index contributed by atoms with van der Waals surface area (Å²) >= 11 is 0. The molecule has 19 heavy (non-hydrogen) atoms. The number of carbonyl (C=O) groups is 1. The monoisotopic (exact) mass is 257 g/mol. The topological polar surface area (TPSA) is 76.3 Å². The van der Waals surface area contributed by atoms with Gasteiger partial charge in [0.15, 0.2) is 0 Å². The fourth-order valence-corrected chi connectivity index (χ4v) is 1.71. The molecule has 0 saturated heterocycles. The van der Waals surface area contributed by atoms with E-state index in [1.807, 2.05) is 0 Å². The normalized spacial score (nSPS) is 9.95. The highest BCUT2D eigenvalue weighted by Crippen LogP contribution is 2.26. The first-order valence-electron chi connectivity index (χ1n) is 5.56. The van der Waals surface area contributed by atoms with Gasteiger partial charge in [0.25, 0.3) is 5.69 Å². The number of pyridine rings is 1. The van der Waals surface area contributed by atoms with E-state index >= 15 is 0 Å². The minimum absolute atomic E-state index is 0.0697. The van der Waals surface area contributed by atoms with Crippen molar-refractivity contribution in [1.29, 1.82) is 0 Å². The summed E-state index contributed by atoms with van der Waals surface area (Å²) in [7, 11) is 0. The van der Waals surface area contributed by atoms with Crippen LogP contribution in [0.5, 0.6) is 0 Å². The van der Waals surface area contributed by atoms with Crippen LogP contribution in [-0.2, 0) is 4.79 Å². The van der Waals surface area contributed by atoms with Crippen LogP contribution in [0.3, 0.4) is 0 Å². The van der Waals surface area contributed by atoms with Crippen molar-refractivity contribution in [2.24, 2.45) is 0 Å². The van der Waals surface area contributed by atoms with Gasteiger partial charge in [0, 0.05) is 25.3 Å². The molecule has 0 aliphatic rings. The van der Waals surface area contributed by atoms with Crippen molar-refractivity contribution in [2.45, 2.75) is 6.92 Å². The Bertz CT molecular complexity index is 614. The fourth-order valence-electron chi connectivity index (χ4n) is 1.71. The number of nitrogens with zero attached hydrogens (tertiary/aromatic N) is 3. The maximum atomic E-state index is 11.7. The van der Waals surface area contributed by atoms with Gasteiger partial charge in [-0.1, -0.05) is 12.1 Å². The molecule has 0 aliphatic carbocycles. The maximum absolute atomic E-state index is 11.7. The molecule has 0 spiro atoms. The third kappa shape index (κ3) is 2.74. The Morgan fingerprint density at radius 2 is 2.05 bits per heavy atom. The summed E-state index contributed by atoms with van der Waals surface area (Å²) in [5.41, 5.74) is 0.347. The Labute approximate surface area is 109 Å². The Balaban J connectivity index is 2.49. The SMILES string of the molecule is CC(=O)N(c1cccc([N+](=O)[O-])c1)c1ccccn1. The van der Waals surface area contributed by atoms with Gasteiger partial charge in [-0.05, 0) is 18.2 Å². The first kappa shape index (κ1) is 12.7. The fraction of sp³-hybridized carbons (Fsp3) is 0.0769. The molecular weight excluding hydrogens is 246 g/mol. The Kier molecular flexibility index (Phi) is 3.51. The van der Waals surface area contributed by atoms with E-state index in [-0.39, 0.29) is 11.6 Å². The van der Waals surface area contributed by atoms with E-state index in [2.05, 4.69) is 4.98 Å². The number of non-ortho nitro benzene ring substituents is 1. The van der Waals surface area contributed by atoms with Crippen LogP contribution in [0.2, 0.25) is 0 Å². The van der Waals surface area contributed by atoms with Crippen molar-refractivity contribution < 1.29 is 9.72 Å². The van der Waals surface area contributed by atoms with Crippen molar-refractivity contribution in [3.05, 3.63) is 58.8 Å². The van der Waals surface area contributed by atoms with Crippen LogP contribution in [0, 0.1) is 10.1 Å². The molecule has 6 heteroatoms. The number of anilines is 2. The zero-order chi connectivity index (χ0) is 13.8. The van der Waals surface area contributed by atoms with E-state index in [0.29, 0.717) is 11.5 Å². The molecule has 1 amide bonds. The first-order chi connectivity index (χ1) is 9.09. The van der Waals surface area contributed by atoms with Gasteiger partial charge in [-0.3, -0.25) is 19.8 Å². The number of nitro groups is 1. The smallest absolute Gasteiger partial charge is 0.271 e. The van der Waals surface area contributed by atoms with Gasteiger partial charge in [-0.25, -0.2) is 4.98 Å². The van der Waals surface area contributed by atoms with Crippen molar-refractivity contribution in [2.75, 3.05) is 4.90 Å². The molecule has 0 aliphatic heterocycles. The Hall–Kier alpha value is -2.76. The quantitative estimate of drug-likeness (QED) is 0.625. The zero-order valence-corrected chi connectivity index (χ0v) is 10.2. The molecule has 1 heterocycles. The van der Waals surface area contributed by atoms with E-state index in [1.165, 1.54) is 30.0 Å². The lowest BCUT2D eigenvalue weighted by Crippen LogP contribution is -2.23. The number of carbonyl (C=O) groups excluding carboxylic acids is 1. The summed E-state index contributed by atoms with van der Waals surface area (Å²) in [4.78, 5) is 27.4. The lowest BCUT2D eigenvalue weighted by atomic mass is 10.2. The number of nitro benzene ring substituents is 1. The van der Waals surface area contributed by atoms with E-state index in [4.69, 9.17) is 0 Å². The second-order valence-electron chi connectivity index (χ2n) is 3.82. The highest BCUT2D eigenvalue weighted by atomic mass is 16.6. The number of hydrogen-bond donors (Lipinski definition) is 0. The predicted octanol–water partition coefficient (Wildman–Crippen LogP) is 2.67. The minimum atomic E-state index is -0.500. The molecule has 0 bridgehead atoms. The van der Waals surface area contributed by atoms with Crippen molar-refractivity contribution >= 4 is 23.1 Å². The first-order valence-corrected chi connectivity index (χ1v) is 5.56. The molecule has 2 aromatic rings. The molecule has 2 rings (SSSR count). The zero-order valence-electron chi connectivity index (χ0n) is 10.2. The summed E-state index contributed by atoms with van der Waals surface area (Å²) in [5, 5.41) is 10.8. The molecule has 0 unspecified atom stereocenters. The van der Waals surface area contributed by atoms with Gasteiger partial charge < -0.3 is 0 Å². The molecule has 1 aromatic carbocycles. The number of benzene rings is 1. The molecular formula is C13H11N3O3. The molecule has 0 fully saturated rings. The highest BCUT2D eigenvalue weighted by Gasteiger charge is 2.17. The van der Waals surface area contributed by atoms with Crippen LogP contribution in [-0.4, -0.2) is 15.8 Å². The summed E-state index contributed by atoms with van der Waals surface area (Å²) in [5.74, 6) is 0.162. The number of rotatable bonds is 3. The lowest BCUT2D eigenvalue weighted by Gasteiger charge is -2.19. The van der Waals surface area contributed by atoms with Gasteiger partial charge in [0.1, 0.15) is 5.82 Å². The van der Waals surface area contributed by atoms with E-state index in [1.54, 1.807) is 30.5 Å². The molecule has 0 atom stereocenters. The Morgan fingerprint density at radius 1 is 1.26 bits per heavy atom. The number of amides is 1. The predicted molar refractivity (Wildman–Crippen MR) is 70.2 cm³/mol. The van der Waals surface area contributed by atoms with Gasteiger partial charge >= 0.3 is 0 Å². The minimum Gasteiger partial charge on any atom is -0.274 e. The standard InChI is InChI=1S/C13H11N3O3/c1-10(17)15(13-7-2-3-8-14-13)11-5-4-6-12(9-11)16(18)19/h2-9H,1H3. The van der Waals surface area contributed by atoms with E-state index < -0.39 is 4.92 Å². The van der Waals surface area contributed by atoms with Crippen LogP contribution in [0.4, 0.5) is 17.2 Å². The number of hydrogen-bond acceptors (Lipinski definition) is 4. The maximum Gasteiger partial charge on any atom is 0.271 e. The summed E-state index contributed by atoms with van der Waals surface area (Å²) in [6.45, 7) is 1.38. The second kappa shape index (κ2) is 5.26. The highest BCUT2D eigenvalue weighted by molar-refractivity contribution is 5.98. The average molecular weight is 257 g/mol. The van der Waals surface area contributed by atoms with Gasteiger partial charge in [0.2, 0.25) is 5.91 Å². The summed E-state index contributed by atoms with van der Waals surface area (Å²) in [6.07, 6.45) is 1.56. The van der Waals surface area contributed by atoms with Crippen LogP contribution < -0.4 is 4.90 Å². The molecule has 6 nitrogen and oxygen atoms in total. The van der Waals surface area contributed by atoms with Crippen molar-refractivity contribution in [3.63, 3.8) is 0 Å². The Morgan fingerprint density at radius 3 is 2.63 bits per heavy atom. The molecule has 0 N–H and O–H groups in total. The third-order valence-corrected chi connectivity index (χ3v) is 2.49. The third-order valence-electron chi connectivity index (χ3n) is 2.49. The lowest BCUT2D eigenvalue weighted by molar-refractivity contribution is -0.384. The molecule has 0 saturated carbocycles. The van der Waals surface area contributed by atoms with Gasteiger partial charge in [-0.2, -0.15) is 0 Å². The largest absolute Gasteiger partial charge is 0.274 e. The second-order valence-corrected chi connectivity index (χ2v) is 3.82. The van der Waals surface area contributed by atoms with E-state index in [9.17, 15) is 14.9 Å². The molecule has 0 radical (unpaired) electrons. The average Bonchev–Trinajstić information content (AvgIpc) is 2.40. The molecule has 1 aromatic heterocycles. The van der Waals surface area contributed by atoms with Crippen molar-refractivity contribution in [1.82, 2.24) is 4.98 Å². The molecule has 96 valence electrons. The number of aromatic nitrogens is 1. The van der Waals surface area contributed by atoms with Crippen LogP contribution in [0.25, 0.3) is 0 Å². The van der Waals surface area contributed by atoms with Gasteiger partial charge in [-0.15, -0.1) is 0 Å².